The molecule has 0 aromatic rings. The summed E-state index contributed by atoms with van der Waals surface area (Å²) in [6.45, 7) is 7.04. The summed E-state index contributed by atoms with van der Waals surface area (Å²) >= 11 is 0. The maximum Gasteiger partial charge on any atom is 0.309 e. The van der Waals surface area contributed by atoms with Gasteiger partial charge < -0.3 is 19.7 Å². The minimum absolute atomic E-state index is 0.00148. The Kier molecular flexibility index (Phi) is 11.8. The standard InChI is InChI=1S/C21H40O6/c1-20(2,18(22)23)14-10-7-8-12-16(26-5)17(27-6)13-9-11-15-21(3,4)19(24)25/h16-17H,7-15H2,1-6H3,(H,22,23)(H,24,25)/t16-,17-/m1/s1. The van der Waals surface area contributed by atoms with E-state index in [9.17, 15) is 9.59 Å². The zero-order valence-electron chi connectivity index (χ0n) is 18.0. The van der Waals surface area contributed by atoms with Gasteiger partial charge in [-0.3, -0.25) is 9.59 Å². The van der Waals surface area contributed by atoms with Crippen LogP contribution in [0.3, 0.4) is 0 Å². The molecule has 2 atom stereocenters. The summed E-state index contributed by atoms with van der Waals surface area (Å²) in [6.07, 6.45) is 7.63. The maximum absolute atomic E-state index is 11.2. The highest BCUT2D eigenvalue weighted by atomic mass is 16.5. The van der Waals surface area contributed by atoms with E-state index in [0.29, 0.717) is 12.8 Å². The Hall–Kier alpha value is -1.14. The molecule has 160 valence electrons. The first-order valence-corrected chi connectivity index (χ1v) is 10.0. The molecule has 0 radical (unpaired) electrons. The average molecular weight is 389 g/mol. The topological polar surface area (TPSA) is 93.1 Å². The van der Waals surface area contributed by atoms with E-state index in [1.165, 1.54) is 0 Å². The Morgan fingerprint density at radius 1 is 0.704 bits per heavy atom. The molecule has 0 rings (SSSR count). The van der Waals surface area contributed by atoms with Crippen LogP contribution in [0.5, 0.6) is 0 Å². The first kappa shape index (κ1) is 25.9. The molecule has 0 saturated heterocycles. The third kappa shape index (κ3) is 10.1. The van der Waals surface area contributed by atoms with Crippen LogP contribution < -0.4 is 0 Å². The van der Waals surface area contributed by atoms with Gasteiger partial charge in [-0.1, -0.05) is 32.1 Å². The Morgan fingerprint density at radius 2 is 1.04 bits per heavy atom. The number of carboxylic acid groups (broad SMARTS) is 2. The predicted octanol–water partition coefficient (Wildman–Crippen LogP) is 4.75. The molecule has 0 spiro atoms. The summed E-state index contributed by atoms with van der Waals surface area (Å²) in [5.41, 5.74) is -1.35. The first-order chi connectivity index (χ1) is 12.5. The number of rotatable bonds is 16. The summed E-state index contributed by atoms with van der Waals surface area (Å²) in [7, 11) is 3.38. The van der Waals surface area contributed by atoms with Gasteiger partial charge in [0.1, 0.15) is 0 Å². The lowest BCUT2D eigenvalue weighted by Crippen LogP contribution is -2.30. The molecule has 6 nitrogen and oxygen atoms in total. The third-order valence-corrected chi connectivity index (χ3v) is 5.51. The van der Waals surface area contributed by atoms with Crippen molar-refractivity contribution in [3.8, 4) is 0 Å². The van der Waals surface area contributed by atoms with Gasteiger partial charge in [-0.2, -0.15) is 0 Å². The average Bonchev–Trinajstić information content (AvgIpc) is 2.58. The highest BCUT2D eigenvalue weighted by molar-refractivity contribution is 5.73. The molecule has 0 fully saturated rings. The minimum atomic E-state index is -0.758. The van der Waals surface area contributed by atoms with E-state index in [4.69, 9.17) is 19.7 Å². The van der Waals surface area contributed by atoms with Crippen LogP contribution in [0, 0.1) is 10.8 Å². The van der Waals surface area contributed by atoms with Crippen molar-refractivity contribution in [1.29, 1.82) is 0 Å². The van der Waals surface area contributed by atoms with Crippen LogP contribution in [-0.4, -0.2) is 48.6 Å². The predicted molar refractivity (Wildman–Crippen MR) is 106 cm³/mol. The monoisotopic (exact) mass is 388 g/mol. The van der Waals surface area contributed by atoms with Crippen molar-refractivity contribution in [2.75, 3.05) is 14.2 Å². The normalized spacial score (nSPS) is 14.7. The number of methoxy groups -OCH3 is 2. The molecule has 0 bridgehead atoms. The second-order valence-electron chi connectivity index (χ2n) is 8.77. The van der Waals surface area contributed by atoms with E-state index in [0.717, 1.165) is 44.9 Å². The SMILES string of the molecule is CO[C@H](CCCCCC(C)(C)C(=O)O)[C@@H](CCCCC(C)(C)C(=O)O)OC. The Bertz CT molecular complexity index is 444. The zero-order chi connectivity index (χ0) is 21.1. The largest absolute Gasteiger partial charge is 0.481 e. The Labute approximate surface area is 164 Å². The molecule has 0 heterocycles. The quantitative estimate of drug-likeness (QED) is 0.371. The van der Waals surface area contributed by atoms with Crippen LogP contribution in [0.25, 0.3) is 0 Å². The summed E-state index contributed by atoms with van der Waals surface area (Å²) in [6, 6.07) is 0. The minimum Gasteiger partial charge on any atom is -0.481 e. The number of ether oxygens (including phenoxy) is 2. The van der Waals surface area contributed by atoms with Gasteiger partial charge in [0.2, 0.25) is 0 Å². The lowest BCUT2D eigenvalue weighted by Gasteiger charge is -2.26. The maximum atomic E-state index is 11.2. The third-order valence-electron chi connectivity index (χ3n) is 5.51. The number of carbonyl (C=O) groups is 2. The van der Waals surface area contributed by atoms with Crippen molar-refractivity contribution < 1.29 is 29.3 Å². The molecular formula is C21H40O6. The van der Waals surface area contributed by atoms with E-state index in [-0.39, 0.29) is 12.2 Å². The molecule has 0 aliphatic heterocycles. The van der Waals surface area contributed by atoms with E-state index >= 15 is 0 Å². The molecule has 0 unspecified atom stereocenters. The van der Waals surface area contributed by atoms with Gasteiger partial charge in [0.15, 0.2) is 0 Å². The van der Waals surface area contributed by atoms with E-state index in [2.05, 4.69) is 0 Å². The van der Waals surface area contributed by atoms with Crippen molar-refractivity contribution in [3.05, 3.63) is 0 Å². The van der Waals surface area contributed by atoms with Gasteiger partial charge in [-0.25, -0.2) is 0 Å². The number of hydrogen-bond donors (Lipinski definition) is 2. The van der Waals surface area contributed by atoms with Gasteiger partial charge in [0, 0.05) is 14.2 Å². The van der Waals surface area contributed by atoms with Crippen LogP contribution in [0.15, 0.2) is 0 Å². The molecule has 27 heavy (non-hydrogen) atoms. The molecule has 0 aromatic heterocycles. The fraction of sp³-hybridized carbons (Fsp3) is 0.905. The highest BCUT2D eigenvalue weighted by Crippen LogP contribution is 2.26. The molecule has 0 amide bonds. The van der Waals surface area contributed by atoms with Crippen LogP contribution >= 0.6 is 0 Å². The smallest absolute Gasteiger partial charge is 0.309 e. The summed E-state index contributed by atoms with van der Waals surface area (Å²) in [5, 5.41) is 18.3. The molecule has 0 aromatic carbocycles. The fourth-order valence-electron chi connectivity index (χ4n) is 3.13. The summed E-state index contributed by atoms with van der Waals surface area (Å²) in [4.78, 5) is 22.3. The van der Waals surface area contributed by atoms with Crippen LogP contribution in [0.1, 0.15) is 85.5 Å². The number of carboxylic acids is 2. The Morgan fingerprint density at radius 3 is 1.37 bits per heavy atom. The molecule has 0 aliphatic carbocycles. The number of aliphatic carboxylic acids is 2. The van der Waals surface area contributed by atoms with Gasteiger partial charge in [-0.05, 0) is 53.4 Å². The highest BCUT2D eigenvalue weighted by Gasteiger charge is 2.28. The van der Waals surface area contributed by atoms with Crippen LogP contribution in [0.2, 0.25) is 0 Å². The van der Waals surface area contributed by atoms with Crippen molar-refractivity contribution in [3.63, 3.8) is 0 Å². The van der Waals surface area contributed by atoms with Gasteiger partial charge in [0.05, 0.1) is 23.0 Å². The van der Waals surface area contributed by atoms with E-state index in [1.54, 1.807) is 41.9 Å². The van der Waals surface area contributed by atoms with Crippen molar-refractivity contribution in [1.82, 2.24) is 0 Å². The van der Waals surface area contributed by atoms with Crippen molar-refractivity contribution >= 4 is 11.9 Å². The molecule has 0 aliphatic rings. The Balaban J connectivity index is 4.20. The first-order valence-electron chi connectivity index (χ1n) is 10.0. The van der Waals surface area contributed by atoms with E-state index < -0.39 is 22.8 Å². The zero-order valence-corrected chi connectivity index (χ0v) is 18.0. The summed E-state index contributed by atoms with van der Waals surface area (Å²) < 4.78 is 11.2. The molecule has 0 saturated carbocycles. The van der Waals surface area contributed by atoms with Gasteiger partial charge >= 0.3 is 11.9 Å². The molecular weight excluding hydrogens is 348 g/mol. The molecule has 6 heteroatoms. The van der Waals surface area contributed by atoms with Crippen molar-refractivity contribution in [2.45, 2.75) is 97.7 Å². The lowest BCUT2D eigenvalue weighted by molar-refractivity contribution is -0.148. The van der Waals surface area contributed by atoms with Crippen LogP contribution in [-0.2, 0) is 19.1 Å². The lowest BCUT2D eigenvalue weighted by atomic mass is 9.86. The fourth-order valence-corrected chi connectivity index (χ4v) is 3.13. The second kappa shape index (κ2) is 12.3. The van der Waals surface area contributed by atoms with Gasteiger partial charge in [0.25, 0.3) is 0 Å². The molecule has 2 N–H and O–H groups in total. The summed E-state index contributed by atoms with van der Waals surface area (Å²) in [5.74, 6) is -1.51. The number of hydrogen-bond acceptors (Lipinski definition) is 4. The second-order valence-corrected chi connectivity index (χ2v) is 8.77. The van der Waals surface area contributed by atoms with Gasteiger partial charge in [-0.15, -0.1) is 0 Å². The van der Waals surface area contributed by atoms with Crippen molar-refractivity contribution in [2.24, 2.45) is 10.8 Å². The van der Waals surface area contributed by atoms with Crippen LogP contribution in [0.4, 0.5) is 0 Å². The number of unbranched alkanes of at least 4 members (excludes halogenated alkanes) is 3. The van der Waals surface area contributed by atoms with E-state index in [1.807, 2.05) is 0 Å².